The van der Waals surface area contributed by atoms with E-state index in [0.29, 0.717) is 12.1 Å². The molecule has 0 aliphatic carbocycles. The molecule has 100 valence electrons. The molecule has 2 N–H and O–H groups in total. The summed E-state index contributed by atoms with van der Waals surface area (Å²) in [4.78, 5) is 24.5. The van der Waals surface area contributed by atoms with Crippen molar-refractivity contribution in [1.82, 2.24) is 10.2 Å². The number of carbonyl (C=O) groups is 2. The standard InChI is InChI=1S/C14H16N2O3/c1-3-10-16(4-2)14(19)15-12(13(17)18)11-8-6-5-7-9-11/h1,5-9,12H,4,10H2,2H3,(H,15,19)(H,17,18)/t12-/m1/s1. The van der Waals surface area contributed by atoms with Gasteiger partial charge >= 0.3 is 12.0 Å². The lowest BCUT2D eigenvalue weighted by Gasteiger charge is -2.22. The zero-order valence-corrected chi connectivity index (χ0v) is 10.7. The highest BCUT2D eigenvalue weighted by Gasteiger charge is 2.23. The van der Waals surface area contributed by atoms with Gasteiger partial charge in [-0.25, -0.2) is 9.59 Å². The minimum atomic E-state index is -1.11. The monoisotopic (exact) mass is 260 g/mol. The minimum absolute atomic E-state index is 0.142. The largest absolute Gasteiger partial charge is 0.479 e. The van der Waals surface area contributed by atoms with Crippen LogP contribution in [0.25, 0.3) is 0 Å². The van der Waals surface area contributed by atoms with Crippen LogP contribution in [0.4, 0.5) is 4.79 Å². The van der Waals surface area contributed by atoms with E-state index >= 15 is 0 Å². The molecule has 0 heterocycles. The van der Waals surface area contributed by atoms with Crippen molar-refractivity contribution in [3.05, 3.63) is 35.9 Å². The average molecular weight is 260 g/mol. The fourth-order valence-corrected chi connectivity index (χ4v) is 1.59. The maximum absolute atomic E-state index is 11.9. The van der Waals surface area contributed by atoms with Gasteiger partial charge < -0.3 is 15.3 Å². The molecular weight excluding hydrogens is 244 g/mol. The van der Waals surface area contributed by atoms with Crippen LogP contribution in [0.3, 0.4) is 0 Å². The van der Waals surface area contributed by atoms with Crippen molar-refractivity contribution in [1.29, 1.82) is 0 Å². The molecule has 0 spiro atoms. The number of hydrogen-bond donors (Lipinski definition) is 2. The first-order chi connectivity index (χ1) is 9.10. The Hall–Kier alpha value is -2.48. The fourth-order valence-electron chi connectivity index (χ4n) is 1.59. The van der Waals surface area contributed by atoms with E-state index < -0.39 is 18.0 Å². The fraction of sp³-hybridized carbons (Fsp3) is 0.286. The number of nitrogens with zero attached hydrogens (tertiary/aromatic N) is 1. The summed E-state index contributed by atoms with van der Waals surface area (Å²) < 4.78 is 0. The van der Waals surface area contributed by atoms with Crippen molar-refractivity contribution < 1.29 is 14.7 Å². The van der Waals surface area contributed by atoms with Crippen LogP contribution in [-0.2, 0) is 4.79 Å². The van der Waals surface area contributed by atoms with E-state index in [4.69, 9.17) is 6.42 Å². The Balaban J connectivity index is 2.83. The molecular formula is C14H16N2O3. The van der Waals surface area contributed by atoms with Crippen LogP contribution in [0.1, 0.15) is 18.5 Å². The van der Waals surface area contributed by atoms with Gasteiger partial charge in [0.1, 0.15) is 0 Å². The van der Waals surface area contributed by atoms with E-state index in [1.165, 1.54) is 4.90 Å². The topological polar surface area (TPSA) is 69.6 Å². The van der Waals surface area contributed by atoms with Crippen molar-refractivity contribution in [2.75, 3.05) is 13.1 Å². The highest BCUT2D eigenvalue weighted by molar-refractivity contribution is 5.83. The lowest BCUT2D eigenvalue weighted by atomic mass is 10.1. The van der Waals surface area contributed by atoms with Gasteiger partial charge in [-0.3, -0.25) is 0 Å². The summed E-state index contributed by atoms with van der Waals surface area (Å²) in [5.41, 5.74) is 0.514. The van der Waals surface area contributed by atoms with Crippen LogP contribution in [0.5, 0.6) is 0 Å². The molecule has 0 radical (unpaired) electrons. The first kappa shape index (κ1) is 14.6. The lowest BCUT2D eigenvalue weighted by Crippen LogP contribution is -2.43. The number of amides is 2. The third-order valence-corrected chi connectivity index (χ3v) is 2.60. The molecule has 0 aliphatic rings. The second-order valence-electron chi connectivity index (χ2n) is 3.85. The van der Waals surface area contributed by atoms with Crippen LogP contribution >= 0.6 is 0 Å². The summed E-state index contributed by atoms with van der Waals surface area (Å²) in [7, 11) is 0. The average Bonchev–Trinajstić information content (AvgIpc) is 2.42. The van der Waals surface area contributed by atoms with Gasteiger partial charge in [0.15, 0.2) is 6.04 Å². The molecule has 1 rings (SSSR count). The predicted molar refractivity (Wildman–Crippen MR) is 71.4 cm³/mol. The molecule has 1 aromatic carbocycles. The maximum Gasteiger partial charge on any atom is 0.330 e. The van der Waals surface area contributed by atoms with Gasteiger partial charge in [0.05, 0.1) is 6.54 Å². The van der Waals surface area contributed by atoms with Crippen molar-refractivity contribution >= 4 is 12.0 Å². The van der Waals surface area contributed by atoms with Gasteiger partial charge in [0, 0.05) is 6.54 Å². The Morgan fingerprint density at radius 1 is 1.42 bits per heavy atom. The van der Waals surface area contributed by atoms with E-state index in [1.54, 1.807) is 37.3 Å². The zero-order chi connectivity index (χ0) is 14.3. The molecule has 19 heavy (non-hydrogen) atoms. The van der Waals surface area contributed by atoms with Crippen molar-refractivity contribution in [3.8, 4) is 12.3 Å². The molecule has 0 aromatic heterocycles. The Labute approximate surface area is 112 Å². The van der Waals surface area contributed by atoms with Gasteiger partial charge in [0.2, 0.25) is 0 Å². The summed E-state index contributed by atoms with van der Waals surface area (Å²) in [6.45, 7) is 2.33. The van der Waals surface area contributed by atoms with Crippen LogP contribution < -0.4 is 5.32 Å². The summed E-state index contributed by atoms with van der Waals surface area (Å²) in [6, 6.07) is 6.94. The summed E-state index contributed by atoms with van der Waals surface area (Å²) in [6.07, 6.45) is 5.16. The predicted octanol–water partition coefficient (Wildman–Crippen LogP) is 1.48. The van der Waals surface area contributed by atoms with Crippen LogP contribution in [0, 0.1) is 12.3 Å². The molecule has 0 aliphatic heterocycles. The van der Waals surface area contributed by atoms with Crippen LogP contribution in [-0.4, -0.2) is 35.1 Å². The normalized spacial score (nSPS) is 11.2. The number of rotatable bonds is 5. The molecule has 0 bridgehead atoms. The van der Waals surface area contributed by atoms with Crippen LogP contribution in [0.15, 0.2) is 30.3 Å². The van der Waals surface area contributed by atoms with Crippen molar-refractivity contribution in [2.24, 2.45) is 0 Å². The van der Waals surface area contributed by atoms with E-state index in [1.807, 2.05) is 0 Å². The number of carboxylic acids is 1. The second-order valence-corrected chi connectivity index (χ2v) is 3.85. The second kappa shape index (κ2) is 7.07. The molecule has 2 amide bonds. The summed E-state index contributed by atoms with van der Waals surface area (Å²) in [5, 5.41) is 11.6. The Kier molecular flexibility index (Phi) is 5.42. The first-order valence-electron chi connectivity index (χ1n) is 5.86. The molecule has 0 unspecified atom stereocenters. The number of carbonyl (C=O) groups excluding carboxylic acids is 1. The molecule has 5 nitrogen and oxygen atoms in total. The number of aliphatic carboxylic acids is 1. The van der Waals surface area contributed by atoms with Gasteiger partial charge in [-0.15, -0.1) is 6.42 Å². The summed E-state index contributed by atoms with van der Waals surface area (Å²) in [5.74, 6) is 1.25. The van der Waals surface area contributed by atoms with E-state index in [-0.39, 0.29) is 6.54 Å². The van der Waals surface area contributed by atoms with Crippen molar-refractivity contribution in [2.45, 2.75) is 13.0 Å². The molecule has 1 aromatic rings. The van der Waals surface area contributed by atoms with Gasteiger partial charge in [-0.1, -0.05) is 36.3 Å². The smallest absolute Gasteiger partial charge is 0.330 e. The van der Waals surface area contributed by atoms with Crippen molar-refractivity contribution in [3.63, 3.8) is 0 Å². The van der Waals surface area contributed by atoms with E-state index in [9.17, 15) is 14.7 Å². The lowest BCUT2D eigenvalue weighted by molar-refractivity contribution is -0.139. The third kappa shape index (κ3) is 4.03. The van der Waals surface area contributed by atoms with E-state index in [2.05, 4.69) is 11.2 Å². The molecule has 0 saturated heterocycles. The minimum Gasteiger partial charge on any atom is -0.479 e. The Morgan fingerprint density at radius 2 is 2.05 bits per heavy atom. The molecule has 5 heteroatoms. The van der Waals surface area contributed by atoms with E-state index in [0.717, 1.165) is 0 Å². The summed E-state index contributed by atoms with van der Waals surface area (Å²) >= 11 is 0. The van der Waals surface area contributed by atoms with Gasteiger partial charge in [0.25, 0.3) is 0 Å². The number of urea groups is 1. The highest BCUT2D eigenvalue weighted by atomic mass is 16.4. The molecule has 0 fully saturated rings. The highest BCUT2D eigenvalue weighted by Crippen LogP contribution is 2.13. The molecule has 0 saturated carbocycles. The number of benzene rings is 1. The Morgan fingerprint density at radius 3 is 2.53 bits per heavy atom. The number of terminal acetylenes is 1. The number of hydrogen-bond acceptors (Lipinski definition) is 2. The number of nitrogens with one attached hydrogen (secondary N) is 1. The molecule has 1 atom stereocenters. The maximum atomic E-state index is 11.9. The quantitative estimate of drug-likeness (QED) is 0.788. The first-order valence-corrected chi connectivity index (χ1v) is 5.86. The SMILES string of the molecule is C#CCN(CC)C(=O)N[C@@H](C(=O)O)c1ccccc1. The van der Waals surface area contributed by atoms with Gasteiger partial charge in [-0.2, -0.15) is 0 Å². The van der Waals surface area contributed by atoms with Crippen LogP contribution in [0.2, 0.25) is 0 Å². The number of carboxylic acid groups (broad SMARTS) is 1. The zero-order valence-electron chi connectivity index (χ0n) is 10.7. The Bertz CT molecular complexity index is 479. The third-order valence-electron chi connectivity index (χ3n) is 2.60. The van der Waals surface area contributed by atoms with Gasteiger partial charge in [-0.05, 0) is 12.5 Å².